The van der Waals surface area contributed by atoms with Crippen LogP contribution < -0.4 is 10.2 Å². The van der Waals surface area contributed by atoms with Crippen LogP contribution >= 0.6 is 0 Å². The van der Waals surface area contributed by atoms with Gasteiger partial charge in [0.25, 0.3) is 0 Å². The number of nitrogens with zero attached hydrogens (tertiary/aromatic N) is 1. The number of hydrogen-bond acceptors (Lipinski definition) is 2. The standard InChI is InChI=1S/C16H22N2O/c1-2-15(12-5-6-12)17-13-7-9-14(10-8-13)18-11-3-4-16(18)19/h7-10,12,15,17H,2-6,11H2,1H3. The second-order valence-corrected chi connectivity index (χ2v) is 5.69. The first-order valence-corrected chi connectivity index (χ1v) is 7.45. The molecule has 1 amide bonds. The Kier molecular flexibility index (Phi) is 3.45. The van der Waals surface area contributed by atoms with Crippen molar-refractivity contribution in [3.63, 3.8) is 0 Å². The molecule has 3 rings (SSSR count). The third kappa shape index (κ3) is 2.75. The second kappa shape index (κ2) is 5.24. The van der Waals surface area contributed by atoms with E-state index in [0.717, 1.165) is 24.6 Å². The van der Waals surface area contributed by atoms with Gasteiger partial charge in [-0.25, -0.2) is 0 Å². The second-order valence-electron chi connectivity index (χ2n) is 5.69. The zero-order valence-corrected chi connectivity index (χ0v) is 11.6. The van der Waals surface area contributed by atoms with Gasteiger partial charge in [0.2, 0.25) is 5.91 Å². The van der Waals surface area contributed by atoms with Crippen LogP contribution in [0.25, 0.3) is 0 Å². The van der Waals surface area contributed by atoms with Crippen LogP contribution in [0.15, 0.2) is 24.3 Å². The first kappa shape index (κ1) is 12.5. The zero-order chi connectivity index (χ0) is 13.2. The lowest BCUT2D eigenvalue weighted by Crippen LogP contribution is -2.24. The fourth-order valence-corrected chi connectivity index (χ4v) is 2.92. The molecular weight excluding hydrogens is 236 g/mol. The summed E-state index contributed by atoms with van der Waals surface area (Å²) in [4.78, 5) is 13.6. The minimum atomic E-state index is 0.255. The predicted octanol–water partition coefficient (Wildman–Crippen LogP) is 3.41. The maximum absolute atomic E-state index is 11.7. The Labute approximate surface area is 115 Å². The number of nitrogens with one attached hydrogen (secondary N) is 1. The summed E-state index contributed by atoms with van der Waals surface area (Å²) in [5.74, 6) is 1.12. The molecule has 1 aromatic rings. The molecule has 1 aliphatic carbocycles. The van der Waals surface area contributed by atoms with Crippen molar-refractivity contribution in [1.82, 2.24) is 0 Å². The Bertz CT molecular complexity index is 450. The molecule has 1 heterocycles. The molecule has 0 aromatic heterocycles. The summed E-state index contributed by atoms with van der Waals surface area (Å²) < 4.78 is 0. The molecule has 1 saturated heterocycles. The Morgan fingerprint density at radius 2 is 2.05 bits per heavy atom. The van der Waals surface area contributed by atoms with E-state index >= 15 is 0 Å². The SMILES string of the molecule is CCC(Nc1ccc(N2CCCC2=O)cc1)C1CC1. The van der Waals surface area contributed by atoms with Crippen molar-refractivity contribution in [3.8, 4) is 0 Å². The zero-order valence-electron chi connectivity index (χ0n) is 11.6. The first-order valence-electron chi connectivity index (χ1n) is 7.45. The highest BCUT2D eigenvalue weighted by atomic mass is 16.2. The fourth-order valence-electron chi connectivity index (χ4n) is 2.92. The van der Waals surface area contributed by atoms with E-state index in [2.05, 4.69) is 36.5 Å². The van der Waals surface area contributed by atoms with Gasteiger partial charge in [0.1, 0.15) is 0 Å². The van der Waals surface area contributed by atoms with Crippen molar-refractivity contribution >= 4 is 17.3 Å². The predicted molar refractivity (Wildman–Crippen MR) is 78.5 cm³/mol. The topological polar surface area (TPSA) is 32.3 Å². The molecule has 0 bridgehead atoms. The Hall–Kier alpha value is -1.51. The van der Waals surface area contributed by atoms with Crippen molar-refractivity contribution in [2.24, 2.45) is 5.92 Å². The molecule has 2 aliphatic rings. The number of carbonyl (C=O) groups is 1. The first-order chi connectivity index (χ1) is 9.28. The molecule has 1 N–H and O–H groups in total. The van der Waals surface area contributed by atoms with Crippen LogP contribution in [-0.4, -0.2) is 18.5 Å². The Balaban J connectivity index is 1.66. The molecule has 0 spiro atoms. The third-order valence-corrected chi connectivity index (χ3v) is 4.24. The van der Waals surface area contributed by atoms with E-state index in [1.807, 2.05) is 4.90 Å². The lowest BCUT2D eigenvalue weighted by molar-refractivity contribution is -0.117. The molecule has 0 radical (unpaired) electrons. The van der Waals surface area contributed by atoms with Crippen molar-refractivity contribution in [3.05, 3.63) is 24.3 Å². The lowest BCUT2D eigenvalue weighted by atomic mass is 10.1. The summed E-state index contributed by atoms with van der Waals surface area (Å²) in [6.45, 7) is 3.11. The smallest absolute Gasteiger partial charge is 0.227 e. The van der Waals surface area contributed by atoms with Crippen molar-refractivity contribution in [2.75, 3.05) is 16.8 Å². The van der Waals surface area contributed by atoms with Gasteiger partial charge in [0.05, 0.1) is 0 Å². The molecular formula is C16H22N2O. The van der Waals surface area contributed by atoms with Crippen LogP contribution in [0, 0.1) is 5.92 Å². The lowest BCUT2D eigenvalue weighted by Gasteiger charge is -2.19. The van der Waals surface area contributed by atoms with Gasteiger partial charge in [-0.05, 0) is 55.9 Å². The van der Waals surface area contributed by atoms with Crippen molar-refractivity contribution < 1.29 is 4.79 Å². The van der Waals surface area contributed by atoms with E-state index in [9.17, 15) is 4.79 Å². The van der Waals surface area contributed by atoms with E-state index in [0.29, 0.717) is 12.5 Å². The van der Waals surface area contributed by atoms with Crippen molar-refractivity contribution in [1.29, 1.82) is 0 Å². The summed E-state index contributed by atoms with van der Waals surface area (Å²) >= 11 is 0. The summed E-state index contributed by atoms with van der Waals surface area (Å²) in [7, 11) is 0. The highest BCUT2D eigenvalue weighted by Gasteiger charge is 2.29. The summed E-state index contributed by atoms with van der Waals surface area (Å²) in [6.07, 6.45) is 5.59. The van der Waals surface area contributed by atoms with Gasteiger partial charge in [-0.15, -0.1) is 0 Å². The largest absolute Gasteiger partial charge is 0.382 e. The maximum Gasteiger partial charge on any atom is 0.227 e. The summed E-state index contributed by atoms with van der Waals surface area (Å²) in [6, 6.07) is 8.94. The molecule has 102 valence electrons. The van der Waals surface area contributed by atoms with Gasteiger partial charge in [-0.3, -0.25) is 4.79 Å². The fraction of sp³-hybridized carbons (Fsp3) is 0.562. The highest BCUT2D eigenvalue weighted by Crippen LogP contribution is 2.35. The highest BCUT2D eigenvalue weighted by molar-refractivity contribution is 5.95. The molecule has 1 aliphatic heterocycles. The van der Waals surface area contributed by atoms with Crippen LogP contribution in [0.4, 0.5) is 11.4 Å². The summed E-state index contributed by atoms with van der Waals surface area (Å²) in [5, 5.41) is 3.62. The monoisotopic (exact) mass is 258 g/mol. The van der Waals surface area contributed by atoms with Crippen LogP contribution in [0.3, 0.4) is 0 Å². The minimum Gasteiger partial charge on any atom is -0.382 e. The number of carbonyl (C=O) groups excluding carboxylic acids is 1. The summed E-state index contributed by atoms with van der Waals surface area (Å²) in [5.41, 5.74) is 2.21. The Morgan fingerprint density at radius 1 is 1.32 bits per heavy atom. The van der Waals surface area contributed by atoms with E-state index in [4.69, 9.17) is 0 Å². The average Bonchev–Trinajstić information content (AvgIpc) is 3.19. The van der Waals surface area contributed by atoms with Crippen LogP contribution in [0.1, 0.15) is 39.0 Å². The van der Waals surface area contributed by atoms with Crippen LogP contribution in [-0.2, 0) is 4.79 Å². The normalized spacial score (nSPS) is 20.7. The minimum absolute atomic E-state index is 0.255. The molecule has 1 unspecified atom stereocenters. The number of hydrogen-bond donors (Lipinski definition) is 1. The quantitative estimate of drug-likeness (QED) is 0.877. The number of rotatable bonds is 5. The molecule has 19 heavy (non-hydrogen) atoms. The van der Waals surface area contributed by atoms with Gasteiger partial charge in [0.15, 0.2) is 0 Å². The molecule has 1 aromatic carbocycles. The van der Waals surface area contributed by atoms with E-state index in [-0.39, 0.29) is 5.91 Å². The van der Waals surface area contributed by atoms with Gasteiger partial charge in [-0.1, -0.05) is 6.92 Å². The van der Waals surface area contributed by atoms with E-state index < -0.39 is 0 Å². The molecule has 1 atom stereocenters. The maximum atomic E-state index is 11.7. The average molecular weight is 258 g/mol. The number of amides is 1. The van der Waals surface area contributed by atoms with Crippen molar-refractivity contribution in [2.45, 2.75) is 45.1 Å². The molecule has 3 nitrogen and oxygen atoms in total. The molecule has 3 heteroatoms. The van der Waals surface area contributed by atoms with Gasteiger partial charge in [0, 0.05) is 30.4 Å². The third-order valence-electron chi connectivity index (χ3n) is 4.24. The number of anilines is 2. The van der Waals surface area contributed by atoms with Crippen LogP contribution in [0.2, 0.25) is 0 Å². The van der Waals surface area contributed by atoms with Crippen LogP contribution in [0.5, 0.6) is 0 Å². The number of benzene rings is 1. The molecule has 1 saturated carbocycles. The van der Waals surface area contributed by atoms with Gasteiger partial charge in [-0.2, -0.15) is 0 Å². The molecule has 2 fully saturated rings. The van der Waals surface area contributed by atoms with Gasteiger partial charge < -0.3 is 10.2 Å². The van der Waals surface area contributed by atoms with E-state index in [1.54, 1.807) is 0 Å². The van der Waals surface area contributed by atoms with E-state index in [1.165, 1.54) is 24.9 Å². The van der Waals surface area contributed by atoms with Gasteiger partial charge >= 0.3 is 0 Å². The Morgan fingerprint density at radius 3 is 2.58 bits per heavy atom.